The first-order valence-electron chi connectivity index (χ1n) is 4.08. The highest BCUT2D eigenvalue weighted by molar-refractivity contribution is 6.04. The minimum atomic E-state index is -0.303. The van der Waals surface area contributed by atoms with E-state index in [0.717, 1.165) is 0 Å². The van der Waals surface area contributed by atoms with Gasteiger partial charge in [0, 0.05) is 12.6 Å². The number of rotatable bonds is 0. The van der Waals surface area contributed by atoms with Gasteiger partial charge in [-0.15, -0.1) is 6.42 Å². The molecular weight excluding hydrogens is 164 g/mol. The molecule has 0 heterocycles. The van der Waals surface area contributed by atoms with Gasteiger partial charge < -0.3 is 4.90 Å². The quantitative estimate of drug-likeness (QED) is 0.414. The summed E-state index contributed by atoms with van der Waals surface area (Å²) in [5, 5.41) is 0. The summed E-state index contributed by atoms with van der Waals surface area (Å²) in [6.07, 6.45) is 5.08. The minimum Gasteiger partial charge on any atom is -0.321 e. The third-order valence-electron chi connectivity index (χ3n) is 1.77. The molecule has 0 saturated heterocycles. The average molecular weight is 180 g/mol. The molecule has 0 unspecified atom stereocenters. The second-order valence-electron chi connectivity index (χ2n) is 3.85. The third kappa shape index (κ3) is 3.75. The lowest BCUT2D eigenvalue weighted by atomic mass is 10.1. The highest BCUT2D eigenvalue weighted by Crippen LogP contribution is 2.11. The summed E-state index contributed by atoms with van der Waals surface area (Å²) >= 11 is 0. The molecule has 0 atom stereocenters. The van der Waals surface area contributed by atoms with E-state index in [9.17, 15) is 4.79 Å². The van der Waals surface area contributed by atoms with Gasteiger partial charge in [-0.25, -0.2) is 4.79 Å². The maximum Gasteiger partial charge on any atom is 0.344 e. The second-order valence-corrected chi connectivity index (χ2v) is 3.85. The van der Waals surface area contributed by atoms with Crippen molar-refractivity contribution in [2.24, 2.45) is 4.99 Å². The maximum atomic E-state index is 11.4. The van der Waals surface area contributed by atoms with Crippen molar-refractivity contribution in [1.82, 2.24) is 4.90 Å². The zero-order valence-corrected chi connectivity index (χ0v) is 8.88. The molecule has 0 N–H and O–H groups in total. The van der Waals surface area contributed by atoms with E-state index >= 15 is 0 Å². The van der Waals surface area contributed by atoms with E-state index in [0.29, 0.717) is 5.71 Å². The molecule has 0 aromatic heterocycles. The van der Waals surface area contributed by atoms with Gasteiger partial charge in [-0.1, -0.05) is 5.92 Å². The van der Waals surface area contributed by atoms with E-state index in [2.05, 4.69) is 10.9 Å². The van der Waals surface area contributed by atoms with Crippen molar-refractivity contribution < 1.29 is 4.79 Å². The van der Waals surface area contributed by atoms with Crippen LogP contribution in [-0.4, -0.2) is 29.2 Å². The number of carbonyl (C=O) groups excluding carboxylic acids is 1. The van der Waals surface area contributed by atoms with Crippen molar-refractivity contribution in [1.29, 1.82) is 0 Å². The number of amides is 2. The van der Waals surface area contributed by atoms with Gasteiger partial charge in [-0.05, 0) is 27.7 Å². The summed E-state index contributed by atoms with van der Waals surface area (Å²) in [7, 11) is 1.70. The zero-order valence-electron chi connectivity index (χ0n) is 8.88. The Labute approximate surface area is 79.8 Å². The maximum absolute atomic E-state index is 11.4. The summed E-state index contributed by atoms with van der Waals surface area (Å²) in [6, 6.07) is -0.303. The Hall–Kier alpha value is -1.30. The van der Waals surface area contributed by atoms with Crippen LogP contribution in [0, 0.1) is 12.3 Å². The molecule has 0 rings (SSSR count). The zero-order chi connectivity index (χ0) is 10.6. The molecule has 0 saturated carbocycles. The van der Waals surface area contributed by atoms with Crippen LogP contribution in [0.3, 0.4) is 0 Å². The smallest absolute Gasteiger partial charge is 0.321 e. The monoisotopic (exact) mass is 180 g/mol. The molecule has 2 amide bonds. The lowest BCUT2D eigenvalue weighted by Crippen LogP contribution is -2.41. The van der Waals surface area contributed by atoms with Crippen molar-refractivity contribution in [2.75, 3.05) is 7.05 Å². The molecule has 3 nitrogen and oxygen atoms in total. The van der Waals surface area contributed by atoms with Crippen molar-refractivity contribution in [3.05, 3.63) is 0 Å². The highest BCUT2D eigenvalue weighted by atomic mass is 16.2. The number of nitrogens with zero attached hydrogens (tertiary/aromatic N) is 2. The lowest BCUT2D eigenvalue weighted by Gasteiger charge is -2.30. The van der Waals surface area contributed by atoms with Crippen LogP contribution in [0.1, 0.15) is 27.7 Å². The molecule has 13 heavy (non-hydrogen) atoms. The molecule has 3 heteroatoms. The van der Waals surface area contributed by atoms with Crippen LogP contribution in [-0.2, 0) is 0 Å². The lowest BCUT2D eigenvalue weighted by molar-refractivity contribution is 0.175. The molecular formula is C10H16N2O. The van der Waals surface area contributed by atoms with Gasteiger partial charge in [0.15, 0.2) is 0 Å². The van der Waals surface area contributed by atoms with Gasteiger partial charge in [0.25, 0.3) is 0 Å². The van der Waals surface area contributed by atoms with E-state index in [1.807, 2.05) is 20.8 Å². The van der Waals surface area contributed by atoms with Crippen molar-refractivity contribution in [3.8, 4) is 12.3 Å². The molecule has 0 aliphatic carbocycles. The summed E-state index contributed by atoms with van der Waals surface area (Å²) in [5.74, 6) is 2.30. The largest absolute Gasteiger partial charge is 0.344 e. The Kier molecular flexibility index (Phi) is 3.68. The Morgan fingerprint density at radius 1 is 1.46 bits per heavy atom. The van der Waals surface area contributed by atoms with E-state index in [4.69, 9.17) is 6.42 Å². The Morgan fingerprint density at radius 3 is 2.23 bits per heavy atom. The van der Waals surface area contributed by atoms with E-state index in [-0.39, 0.29) is 11.6 Å². The van der Waals surface area contributed by atoms with Crippen molar-refractivity contribution in [3.63, 3.8) is 0 Å². The summed E-state index contributed by atoms with van der Waals surface area (Å²) in [4.78, 5) is 16.7. The highest BCUT2D eigenvalue weighted by Gasteiger charge is 2.21. The number of hydrogen-bond donors (Lipinski definition) is 0. The van der Waals surface area contributed by atoms with E-state index in [1.165, 1.54) is 0 Å². The Morgan fingerprint density at radius 2 is 1.92 bits per heavy atom. The summed E-state index contributed by atoms with van der Waals surface area (Å²) < 4.78 is 0. The van der Waals surface area contributed by atoms with E-state index in [1.54, 1.807) is 18.9 Å². The number of aliphatic imine (C=N–C) groups is 1. The van der Waals surface area contributed by atoms with Crippen LogP contribution in [0.4, 0.5) is 4.79 Å². The molecule has 0 aromatic carbocycles. The predicted octanol–water partition coefficient (Wildman–Crippen LogP) is 1.93. The average Bonchev–Trinajstić information content (AvgIpc) is 2.01. The normalized spacial score (nSPS) is 12.2. The fourth-order valence-electron chi connectivity index (χ4n) is 0.538. The standard InChI is InChI=1S/C10H16N2O/c1-7-8(2)11-9(13)12(6)10(3,4)5/h1H,2-6H3/b11-8-. The van der Waals surface area contributed by atoms with Gasteiger partial charge >= 0.3 is 6.03 Å². The Balaban J connectivity index is 4.58. The number of urea groups is 1. The van der Waals surface area contributed by atoms with Crippen LogP contribution in [0.15, 0.2) is 4.99 Å². The molecule has 0 spiro atoms. The first-order valence-corrected chi connectivity index (χ1v) is 4.08. The first kappa shape index (κ1) is 11.7. The van der Waals surface area contributed by atoms with Gasteiger partial charge in [-0.3, -0.25) is 0 Å². The number of terminal acetylenes is 1. The van der Waals surface area contributed by atoms with Crippen LogP contribution in [0.25, 0.3) is 0 Å². The third-order valence-corrected chi connectivity index (χ3v) is 1.77. The fourth-order valence-corrected chi connectivity index (χ4v) is 0.538. The van der Waals surface area contributed by atoms with Crippen LogP contribution in [0.5, 0.6) is 0 Å². The molecule has 0 bridgehead atoms. The number of hydrogen-bond acceptors (Lipinski definition) is 1. The van der Waals surface area contributed by atoms with Gasteiger partial charge in [0.2, 0.25) is 0 Å². The van der Waals surface area contributed by atoms with Crippen molar-refractivity contribution in [2.45, 2.75) is 33.2 Å². The minimum absolute atomic E-state index is 0.227. The Bertz CT molecular complexity index is 266. The fraction of sp³-hybridized carbons (Fsp3) is 0.600. The second kappa shape index (κ2) is 4.08. The molecule has 0 aliphatic heterocycles. The molecule has 0 fully saturated rings. The predicted molar refractivity (Wildman–Crippen MR) is 54.9 cm³/mol. The van der Waals surface area contributed by atoms with Gasteiger partial charge in [0.1, 0.15) is 0 Å². The SMILES string of the molecule is C#C/C(C)=N\C(=O)N(C)C(C)(C)C. The van der Waals surface area contributed by atoms with Crippen molar-refractivity contribution >= 4 is 11.7 Å². The summed E-state index contributed by atoms with van der Waals surface area (Å²) in [6.45, 7) is 7.44. The van der Waals surface area contributed by atoms with Gasteiger partial charge in [-0.2, -0.15) is 4.99 Å². The van der Waals surface area contributed by atoms with Crippen LogP contribution < -0.4 is 0 Å². The molecule has 0 aliphatic rings. The van der Waals surface area contributed by atoms with E-state index < -0.39 is 0 Å². The summed E-state index contributed by atoms with van der Waals surface area (Å²) in [5.41, 5.74) is 0.177. The first-order chi connectivity index (χ1) is 5.79. The topological polar surface area (TPSA) is 32.7 Å². The van der Waals surface area contributed by atoms with Gasteiger partial charge in [0.05, 0.1) is 5.71 Å². The van der Waals surface area contributed by atoms with Crippen LogP contribution >= 0.6 is 0 Å². The van der Waals surface area contributed by atoms with Crippen LogP contribution in [0.2, 0.25) is 0 Å². The molecule has 72 valence electrons. The molecule has 0 aromatic rings. The number of carbonyl (C=O) groups is 1. The molecule has 0 radical (unpaired) electrons.